The minimum absolute atomic E-state index is 0.392. The average Bonchev–Trinajstić information content (AvgIpc) is 2.74. The van der Waals surface area contributed by atoms with E-state index in [0.717, 1.165) is 24.5 Å². The summed E-state index contributed by atoms with van der Waals surface area (Å²) in [7, 11) is 0. The molecule has 31 heavy (non-hydrogen) atoms. The van der Waals surface area contributed by atoms with Gasteiger partial charge in [-0.15, -0.1) is 0 Å². The molecular weight excluding hydrogens is 420 g/mol. The van der Waals surface area contributed by atoms with Gasteiger partial charge in [-0.05, 0) is 24.3 Å². The highest BCUT2D eigenvalue weighted by atomic mass is 19.3. The summed E-state index contributed by atoms with van der Waals surface area (Å²) in [5, 5.41) is 14.7. The molecule has 0 bridgehead atoms. The van der Waals surface area contributed by atoms with E-state index in [1.165, 1.54) is 12.3 Å². The van der Waals surface area contributed by atoms with Crippen molar-refractivity contribution in [1.82, 2.24) is 9.99 Å². The van der Waals surface area contributed by atoms with Gasteiger partial charge in [-0.25, -0.2) is 14.6 Å². The van der Waals surface area contributed by atoms with Crippen molar-refractivity contribution in [2.45, 2.75) is 11.5 Å². The zero-order chi connectivity index (χ0) is 22.6. The first kappa shape index (κ1) is 22.7. The topological polar surface area (TPSA) is 113 Å². The van der Waals surface area contributed by atoms with Crippen molar-refractivity contribution in [3.8, 4) is 0 Å². The maximum atomic E-state index is 15.6. The largest absolute Gasteiger partial charge is 0.378 e. The number of rotatable bonds is 7. The van der Waals surface area contributed by atoms with Crippen molar-refractivity contribution in [2.24, 2.45) is 16.8 Å². The Balaban J connectivity index is 2.01. The number of hydrazone groups is 1. The minimum atomic E-state index is -4.13. The van der Waals surface area contributed by atoms with E-state index in [0.29, 0.717) is 43.1 Å². The SMILES string of the molecule is N/N=C\N(N)CC(O)(c1ccc(F)cc1F)C(F)(F)c1ccc(N2CCOCC2)cn1. The molecule has 1 saturated heterocycles. The third-order valence-corrected chi connectivity index (χ3v) is 4.97. The van der Waals surface area contributed by atoms with Crippen LogP contribution in [0.4, 0.5) is 23.2 Å². The summed E-state index contributed by atoms with van der Waals surface area (Å²) in [6, 6.07) is 4.34. The number of hydrogen-bond donors (Lipinski definition) is 3. The molecule has 8 nitrogen and oxygen atoms in total. The van der Waals surface area contributed by atoms with Gasteiger partial charge in [0.1, 0.15) is 23.7 Å². The van der Waals surface area contributed by atoms with Crippen molar-refractivity contribution in [3.05, 3.63) is 59.4 Å². The standard InChI is InChI=1S/C19H22F4N6O2/c20-13-1-3-15(16(21)9-13)18(30,11-29(25)12-27-24)19(22,23)17-4-2-14(10-26-17)28-5-7-31-8-6-28/h1-4,9-10,12,30H,5-8,11,24-25H2/b27-12-. The van der Waals surface area contributed by atoms with Gasteiger partial charge in [0.15, 0.2) is 5.60 Å². The molecule has 1 fully saturated rings. The van der Waals surface area contributed by atoms with E-state index < -0.39 is 41.0 Å². The summed E-state index contributed by atoms with van der Waals surface area (Å²) in [5.41, 5.74) is -4.32. The Labute approximate surface area is 175 Å². The minimum Gasteiger partial charge on any atom is -0.378 e. The Morgan fingerprint density at radius 1 is 1.23 bits per heavy atom. The number of benzene rings is 1. The molecule has 0 amide bonds. The van der Waals surface area contributed by atoms with Gasteiger partial charge in [-0.3, -0.25) is 9.99 Å². The van der Waals surface area contributed by atoms with Crippen LogP contribution in [-0.2, 0) is 16.3 Å². The number of aromatic nitrogens is 1. The first-order valence-corrected chi connectivity index (χ1v) is 9.28. The van der Waals surface area contributed by atoms with Crippen LogP contribution in [0.1, 0.15) is 11.3 Å². The molecule has 1 aromatic heterocycles. The number of alkyl halides is 2. The number of halogens is 4. The summed E-state index contributed by atoms with van der Waals surface area (Å²) in [6.45, 7) is 1.12. The molecule has 1 aromatic carbocycles. The third-order valence-electron chi connectivity index (χ3n) is 4.97. The van der Waals surface area contributed by atoms with Crippen molar-refractivity contribution in [3.63, 3.8) is 0 Å². The zero-order valence-electron chi connectivity index (χ0n) is 16.4. The van der Waals surface area contributed by atoms with E-state index in [4.69, 9.17) is 16.4 Å². The summed E-state index contributed by atoms with van der Waals surface area (Å²) in [4.78, 5) is 5.72. The van der Waals surface area contributed by atoms with E-state index >= 15 is 8.78 Å². The molecule has 0 saturated carbocycles. The van der Waals surface area contributed by atoms with Crippen molar-refractivity contribution in [2.75, 3.05) is 37.7 Å². The Bertz CT molecular complexity index is 924. The Hall–Kier alpha value is -2.96. The maximum Gasteiger partial charge on any atom is 0.323 e. The fourth-order valence-corrected chi connectivity index (χ4v) is 3.36. The number of nitrogens with two attached hydrogens (primary N) is 2. The molecule has 0 radical (unpaired) electrons. The van der Waals surface area contributed by atoms with Gasteiger partial charge in [0.25, 0.3) is 0 Å². The molecule has 12 heteroatoms. The molecular formula is C19H22F4N6O2. The number of nitrogens with zero attached hydrogens (tertiary/aromatic N) is 4. The van der Waals surface area contributed by atoms with E-state index in [1.54, 1.807) is 0 Å². The number of aliphatic hydroxyl groups is 1. The van der Waals surface area contributed by atoms with Gasteiger partial charge in [-0.2, -0.15) is 13.9 Å². The highest BCUT2D eigenvalue weighted by molar-refractivity contribution is 5.54. The second kappa shape index (κ2) is 9.04. The summed E-state index contributed by atoms with van der Waals surface area (Å²) >= 11 is 0. The van der Waals surface area contributed by atoms with Gasteiger partial charge < -0.3 is 20.6 Å². The predicted octanol–water partition coefficient (Wildman–Crippen LogP) is 1.25. The molecule has 0 aliphatic carbocycles. The van der Waals surface area contributed by atoms with Crippen LogP contribution in [0.2, 0.25) is 0 Å². The molecule has 168 valence electrons. The summed E-state index contributed by atoms with van der Waals surface area (Å²) < 4.78 is 64.2. The normalized spacial score (nSPS) is 17.0. The lowest BCUT2D eigenvalue weighted by atomic mass is 9.84. The fraction of sp³-hybridized carbons (Fsp3) is 0.368. The Morgan fingerprint density at radius 3 is 2.52 bits per heavy atom. The van der Waals surface area contributed by atoms with Gasteiger partial charge in [-0.1, -0.05) is 0 Å². The molecule has 2 aromatic rings. The van der Waals surface area contributed by atoms with E-state index in [-0.39, 0.29) is 0 Å². The molecule has 3 rings (SSSR count). The van der Waals surface area contributed by atoms with Gasteiger partial charge >= 0.3 is 5.92 Å². The smallest absolute Gasteiger partial charge is 0.323 e. The average molecular weight is 442 g/mol. The second-order valence-electron chi connectivity index (χ2n) is 7.00. The maximum absolute atomic E-state index is 15.6. The molecule has 5 N–H and O–H groups in total. The van der Waals surface area contributed by atoms with Crippen molar-refractivity contribution >= 4 is 12.0 Å². The predicted molar refractivity (Wildman–Crippen MR) is 105 cm³/mol. The highest BCUT2D eigenvalue weighted by Crippen LogP contribution is 2.46. The van der Waals surface area contributed by atoms with Gasteiger partial charge in [0.2, 0.25) is 0 Å². The van der Waals surface area contributed by atoms with E-state index in [9.17, 15) is 13.9 Å². The number of hydrazine groups is 1. The number of morpholine rings is 1. The van der Waals surface area contributed by atoms with Crippen LogP contribution < -0.4 is 16.6 Å². The Kier molecular flexibility index (Phi) is 6.62. The molecule has 2 heterocycles. The molecule has 1 aliphatic rings. The van der Waals surface area contributed by atoms with Crippen LogP contribution >= 0.6 is 0 Å². The molecule has 1 aliphatic heterocycles. The van der Waals surface area contributed by atoms with E-state index in [1.807, 2.05) is 4.90 Å². The zero-order valence-corrected chi connectivity index (χ0v) is 16.4. The second-order valence-corrected chi connectivity index (χ2v) is 7.00. The quantitative estimate of drug-likeness (QED) is 0.195. The first-order valence-electron chi connectivity index (χ1n) is 9.28. The lowest BCUT2D eigenvalue weighted by molar-refractivity contribution is -0.203. The highest BCUT2D eigenvalue weighted by Gasteiger charge is 2.58. The lowest BCUT2D eigenvalue weighted by Gasteiger charge is -2.38. The van der Waals surface area contributed by atoms with Crippen LogP contribution in [0.15, 0.2) is 41.6 Å². The van der Waals surface area contributed by atoms with Crippen LogP contribution in [0.5, 0.6) is 0 Å². The fourth-order valence-electron chi connectivity index (χ4n) is 3.36. The van der Waals surface area contributed by atoms with Gasteiger partial charge in [0.05, 0.1) is 31.6 Å². The number of anilines is 1. The number of ether oxygens (including phenoxy) is 1. The molecule has 1 atom stereocenters. The first-order chi connectivity index (χ1) is 14.7. The van der Waals surface area contributed by atoms with Gasteiger partial charge in [0, 0.05) is 24.7 Å². The monoisotopic (exact) mass is 442 g/mol. The number of pyridine rings is 1. The van der Waals surface area contributed by atoms with Crippen LogP contribution in [-0.4, -0.2) is 54.3 Å². The number of hydrogen-bond acceptors (Lipinski definition) is 7. The summed E-state index contributed by atoms with van der Waals surface area (Å²) in [6.07, 6.45) is 2.01. The molecule has 1 unspecified atom stereocenters. The lowest BCUT2D eigenvalue weighted by Crippen LogP contribution is -2.54. The van der Waals surface area contributed by atoms with Crippen molar-refractivity contribution in [1.29, 1.82) is 0 Å². The Morgan fingerprint density at radius 2 is 1.94 bits per heavy atom. The summed E-state index contributed by atoms with van der Waals surface area (Å²) in [5.74, 6) is 4.04. The van der Waals surface area contributed by atoms with Crippen LogP contribution in [0, 0.1) is 11.6 Å². The van der Waals surface area contributed by atoms with Crippen LogP contribution in [0.25, 0.3) is 0 Å². The van der Waals surface area contributed by atoms with E-state index in [2.05, 4.69) is 10.1 Å². The third kappa shape index (κ3) is 4.55. The molecule has 0 spiro atoms. The van der Waals surface area contributed by atoms with Crippen molar-refractivity contribution < 1.29 is 27.4 Å². The van der Waals surface area contributed by atoms with Crippen LogP contribution in [0.3, 0.4) is 0 Å².